The summed E-state index contributed by atoms with van der Waals surface area (Å²) in [7, 11) is -1.86. The van der Waals surface area contributed by atoms with Gasteiger partial charge in [-0.3, -0.25) is 9.36 Å². The molecule has 0 radical (unpaired) electrons. The number of anilines is 1. The third kappa shape index (κ3) is 5.15. The van der Waals surface area contributed by atoms with Gasteiger partial charge in [0.25, 0.3) is 5.56 Å². The lowest BCUT2D eigenvalue weighted by Gasteiger charge is -2.18. The molecule has 1 N–H and O–H groups in total. The van der Waals surface area contributed by atoms with Crippen LogP contribution < -0.4 is 15.6 Å². The minimum atomic E-state index is -3.40. The predicted octanol–water partition coefficient (Wildman–Crippen LogP) is 2.70. The van der Waals surface area contributed by atoms with Crippen molar-refractivity contribution in [1.29, 1.82) is 0 Å². The molecule has 1 saturated carbocycles. The zero-order valence-corrected chi connectivity index (χ0v) is 22.9. The molecule has 0 amide bonds. The Morgan fingerprint density at radius 2 is 1.82 bits per heavy atom. The average molecular weight is 552 g/mol. The molecule has 39 heavy (non-hydrogen) atoms. The number of nitrogens with zero attached hydrogens (tertiary/aromatic N) is 8. The van der Waals surface area contributed by atoms with E-state index in [1.54, 1.807) is 17.7 Å². The van der Waals surface area contributed by atoms with E-state index in [2.05, 4.69) is 35.2 Å². The first-order valence-electron chi connectivity index (χ1n) is 12.7. The Labute approximate surface area is 225 Å². The number of hydrogen-bond donors (Lipinski definition) is 1. The number of aromatic nitrogens is 8. The second kappa shape index (κ2) is 10.6. The van der Waals surface area contributed by atoms with Crippen LogP contribution in [-0.4, -0.2) is 60.7 Å². The molecule has 1 fully saturated rings. The van der Waals surface area contributed by atoms with Crippen molar-refractivity contribution >= 4 is 26.8 Å². The Hall–Kier alpha value is -4.07. The number of ether oxygens (including phenoxy) is 1. The Morgan fingerprint density at radius 1 is 1.08 bits per heavy atom. The quantitative estimate of drug-likeness (QED) is 0.306. The van der Waals surface area contributed by atoms with Gasteiger partial charge < -0.3 is 10.1 Å². The van der Waals surface area contributed by atoms with Crippen LogP contribution in [0.4, 0.5) is 5.82 Å². The van der Waals surface area contributed by atoms with Crippen molar-refractivity contribution in [2.24, 2.45) is 0 Å². The highest BCUT2D eigenvalue weighted by Crippen LogP contribution is 2.44. The zero-order valence-electron chi connectivity index (χ0n) is 22.1. The normalized spacial score (nSPS) is 14.4. The molecule has 1 aliphatic rings. The minimum Gasteiger partial charge on any atom is -0.480 e. The van der Waals surface area contributed by atoms with E-state index in [0.29, 0.717) is 46.6 Å². The molecule has 0 saturated heterocycles. The number of sulfone groups is 1. The van der Waals surface area contributed by atoms with Crippen molar-refractivity contribution in [3.8, 4) is 17.3 Å². The Morgan fingerprint density at radius 3 is 2.46 bits per heavy atom. The number of fused-ring (bicyclic) bond motifs is 1. The average Bonchev–Trinajstić information content (AvgIpc) is 3.81. The van der Waals surface area contributed by atoms with Crippen molar-refractivity contribution in [2.75, 3.05) is 18.2 Å². The van der Waals surface area contributed by atoms with Gasteiger partial charge in [0.05, 0.1) is 31.3 Å². The van der Waals surface area contributed by atoms with Gasteiger partial charge in [0.2, 0.25) is 5.88 Å². The van der Waals surface area contributed by atoms with Crippen LogP contribution in [0.5, 0.6) is 5.88 Å². The van der Waals surface area contributed by atoms with Gasteiger partial charge in [-0.25, -0.2) is 43.3 Å². The number of rotatable bonds is 10. The molecular formula is C25H29N9O4S. The number of methoxy groups -OCH3 is 1. The van der Waals surface area contributed by atoms with Crippen molar-refractivity contribution in [3.63, 3.8) is 0 Å². The van der Waals surface area contributed by atoms with Crippen molar-refractivity contribution < 1.29 is 13.2 Å². The third-order valence-electron chi connectivity index (χ3n) is 6.72. The molecule has 4 heterocycles. The highest BCUT2D eigenvalue weighted by Gasteiger charge is 2.31. The molecule has 4 aromatic heterocycles. The first kappa shape index (κ1) is 26.5. The first-order chi connectivity index (χ1) is 18.8. The fourth-order valence-electron chi connectivity index (χ4n) is 4.17. The minimum absolute atomic E-state index is 0.0418. The van der Waals surface area contributed by atoms with Crippen LogP contribution in [0, 0.1) is 0 Å². The second-order valence-electron chi connectivity index (χ2n) is 9.30. The molecule has 0 bridgehead atoms. The molecule has 1 atom stereocenters. The molecule has 14 heteroatoms. The summed E-state index contributed by atoms with van der Waals surface area (Å²) in [6, 6.07) is -0.182. The first-order valence-corrected chi connectivity index (χ1v) is 14.4. The van der Waals surface area contributed by atoms with E-state index in [4.69, 9.17) is 9.72 Å². The zero-order chi connectivity index (χ0) is 27.7. The summed E-state index contributed by atoms with van der Waals surface area (Å²) in [4.78, 5) is 44.5. The maximum atomic E-state index is 13.6. The molecule has 4 aromatic rings. The summed E-state index contributed by atoms with van der Waals surface area (Å²) in [6.45, 7) is 5.55. The molecule has 1 aliphatic carbocycles. The van der Waals surface area contributed by atoms with Gasteiger partial charge in [-0.1, -0.05) is 13.8 Å². The summed E-state index contributed by atoms with van der Waals surface area (Å²) in [5, 5.41) is 3.00. The molecule has 5 rings (SSSR count). The van der Waals surface area contributed by atoms with E-state index >= 15 is 0 Å². The summed E-state index contributed by atoms with van der Waals surface area (Å²) >= 11 is 0. The van der Waals surface area contributed by atoms with Crippen LogP contribution in [0.25, 0.3) is 22.6 Å². The molecule has 0 aromatic carbocycles. The summed E-state index contributed by atoms with van der Waals surface area (Å²) in [5.41, 5.74) is 1.92. The van der Waals surface area contributed by atoms with E-state index < -0.39 is 9.84 Å². The predicted molar refractivity (Wildman–Crippen MR) is 143 cm³/mol. The monoisotopic (exact) mass is 551 g/mol. The van der Waals surface area contributed by atoms with Crippen LogP contribution in [0.2, 0.25) is 0 Å². The Balaban J connectivity index is 1.54. The molecular weight excluding hydrogens is 522 g/mol. The fraction of sp³-hybridized carbons (Fsp3) is 0.440. The summed E-state index contributed by atoms with van der Waals surface area (Å²) in [6.07, 6.45) is 8.31. The van der Waals surface area contributed by atoms with E-state index in [-0.39, 0.29) is 34.6 Å². The summed E-state index contributed by atoms with van der Waals surface area (Å²) < 4.78 is 31.1. The van der Waals surface area contributed by atoms with Gasteiger partial charge in [0, 0.05) is 24.4 Å². The van der Waals surface area contributed by atoms with E-state index in [1.165, 1.54) is 25.8 Å². The van der Waals surface area contributed by atoms with Gasteiger partial charge in [-0.2, -0.15) is 0 Å². The SMILES string of the molecule is CCC(C)n1c(=O)c(NCc2ncc(S(=O)(=O)CC)cn2)nc2cnc(-c3c(OC)ncnc3C3CC3)nc21. The van der Waals surface area contributed by atoms with Crippen molar-refractivity contribution in [1.82, 2.24) is 39.5 Å². The number of nitrogens with one attached hydrogen (secondary N) is 1. The lowest BCUT2D eigenvalue weighted by molar-refractivity contribution is 0.397. The molecule has 1 unspecified atom stereocenters. The standard InChI is InChI=1S/C25H29N9O4S/c1-5-14(3)34-23-17(11-28-21(33-23)19-20(15-7-8-15)30-13-31-24(19)38-4)32-22(25(34)35)29-12-18-26-9-16(10-27-18)39(36,37)6-2/h9-11,13-15H,5-8,12H2,1-4H3,(H,29,32). The summed E-state index contributed by atoms with van der Waals surface area (Å²) in [5.74, 6) is 1.42. The van der Waals surface area contributed by atoms with Crippen LogP contribution >= 0.6 is 0 Å². The highest BCUT2D eigenvalue weighted by atomic mass is 32.2. The number of hydrogen-bond acceptors (Lipinski definition) is 12. The molecule has 204 valence electrons. The third-order valence-corrected chi connectivity index (χ3v) is 8.41. The van der Waals surface area contributed by atoms with Gasteiger partial charge in [0.1, 0.15) is 28.1 Å². The van der Waals surface area contributed by atoms with Crippen LogP contribution in [-0.2, 0) is 16.4 Å². The van der Waals surface area contributed by atoms with E-state index in [1.807, 2.05) is 13.8 Å². The fourth-order valence-corrected chi connectivity index (χ4v) is 4.93. The van der Waals surface area contributed by atoms with E-state index in [9.17, 15) is 13.2 Å². The maximum absolute atomic E-state index is 13.6. The van der Waals surface area contributed by atoms with Gasteiger partial charge in [0.15, 0.2) is 27.1 Å². The molecule has 0 spiro atoms. The largest absolute Gasteiger partial charge is 0.480 e. The van der Waals surface area contributed by atoms with Gasteiger partial charge in [-0.05, 0) is 26.2 Å². The topological polar surface area (TPSA) is 168 Å². The molecule has 0 aliphatic heterocycles. The lowest BCUT2D eigenvalue weighted by Crippen LogP contribution is -2.28. The van der Waals surface area contributed by atoms with Crippen molar-refractivity contribution in [2.45, 2.75) is 63.4 Å². The van der Waals surface area contributed by atoms with Crippen LogP contribution in [0.3, 0.4) is 0 Å². The molecule has 13 nitrogen and oxygen atoms in total. The smallest absolute Gasteiger partial charge is 0.295 e. The Bertz CT molecular complexity index is 1690. The van der Waals surface area contributed by atoms with Crippen LogP contribution in [0.15, 0.2) is 34.6 Å². The van der Waals surface area contributed by atoms with E-state index in [0.717, 1.165) is 18.5 Å². The van der Waals surface area contributed by atoms with Crippen molar-refractivity contribution in [3.05, 3.63) is 46.8 Å². The van der Waals surface area contributed by atoms with Crippen LogP contribution in [0.1, 0.15) is 63.5 Å². The van der Waals surface area contributed by atoms with Gasteiger partial charge >= 0.3 is 0 Å². The highest BCUT2D eigenvalue weighted by molar-refractivity contribution is 7.91. The Kier molecular flexibility index (Phi) is 7.21. The van der Waals surface area contributed by atoms with Gasteiger partial charge in [-0.15, -0.1) is 0 Å². The lowest BCUT2D eigenvalue weighted by atomic mass is 10.1. The second-order valence-corrected chi connectivity index (χ2v) is 11.6. The maximum Gasteiger partial charge on any atom is 0.295 e.